The van der Waals surface area contributed by atoms with Gasteiger partial charge in [0.15, 0.2) is 11.5 Å². The molecule has 1 aromatic carbocycles. The Morgan fingerprint density at radius 2 is 2.00 bits per heavy atom. The molecule has 9 heteroatoms. The summed E-state index contributed by atoms with van der Waals surface area (Å²) in [7, 11) is 2.71. The van der Waals surface area contributed by atoms with Crippen LogP contribution in [-0.2, 0) is 7.05 Å². The molecule has 0 fully saturated rings. The average molecular weight is 325 g/mol. The van der Waals surface area contributed by atoms with E-state index in [4.69, 9.17) is 4.74 Å². The lowest BCUT2D eigenvalue weighted by atomic mass is 10.2. The number of carbonyl (C=O) groups is 1. The third-order valence-electron chi connectivity index (χ3n) is 2.83. The SMILES string of the molecule is COc1ccc(NC(=O)c2ccc(=O)n(C)n2)cc1OC(F)F. The Morgan fingerprint density at radius 1 is 1.26 bits per heavy atom. The predicted molar refractivity (Wildman–Crippen MR) is 77.1 cm³/mol. The molecule has 0 unspecified atom stereocenters. The Bertz CT molecular complexity index is 777. The van der Waals surface area contributed by atoms with Gasteiger partial charge in [0.1, 0.15) is 5.69 Å². The van der Waals surface area contributed by atoms with Gasteiger partial charge in [-0.15, -0.1) is 0 Å². The van der Waals surface area contributed by atoms with E-state index in [1.807, 2.05) is 0 Å². The summed E-state index contributed by atoms with van der Waals surface area (Å²) in [6.07, 6.45) is 0. The van der Waals surface area contributed by atoms with E-state index in [2.05, 4.69) is 15.2 Å². The van der Waals surface area contributed by atoms with Crippen LogP contribution in [0.25, 0.3) is 0 Å². The fraction of sp³-hybridized carbons (Fsp3) is 0.214. The number of rotatable bonds is 5. The molecular weight excluding hydrogens is 312 g/mol. The van der Waals surface area contributed by atoms with Crippen molar-refractivity contribution in [2.45, 2.75) is 6.61 Å². The number of hydrogen-bond donors (Lipinski definition) is 1. The maximum atomic E-state index is 12.4. The average Bonchev–Trinajstić information content (AvgIpc) is 2.49. The first-order valence-corrected chi connectivity index (χ1v) is 6.39. The molecular formula is C14H13F2N3O4. The number of aromatic nitrogens is 2. The fourth-order valence-electron chi connectivity index (χ4n) is 1.76. The van der Waals surface area contributed by atoms with Crippen LogP contribution in [0.1, 0.15) is 10.5 Å². The van der Waals surface area contributed by atoms with Crippen LogP contribution in [0.2, 0.25) is 0 Å². The van der Waals surface area contributed by atoms with Crippen molar-refractivity contribution in [3.05, 3.63) is 46.4 Å². The van der Waals surface area contributed by atoms with Gasteiger partial charge < -0.3 is 14.8 Å². The fourth-order valence-corrected chi connectivity index (χ4v) is 1.76. The van der Waals surface area contributed by atoms with Crippen LogP contribution < -0.4 is 20.3 Å². The number of nitrogens with one attached hydrogen (secondary N) is 1. The van der Waals surface area contributed by atoms with Crippen LogP contribution >= 0.6 is 0 Å². The Hall–Kier alpha value is -2.97. The molecule has 2 rings (SSSR count). The standard InChI is InChI=1S/C14H13F2N3O4/c1-19-12(20)6-4-9(18-19)13(21)17-8-3-5-10(22-2)11(7-8)23-14(15)16/h3-7,14H,1-2H3,(H,17,21). The van der Waals surface area contributed by atoms with Gasteiger partial charge in [0.05, 0.1) is 7.11 Å². The highest BCUT2D eigenvalue weighted by Gasteiger charge is 2.14. The van der Waals surface area contributed by atoms with Gasteiger partial charge in [0.25, 0.3) is 11.5 Å². The molecule has 1 amide bonds. The van der Waals surface area contributed by atoms with Gasteiger partial charge in [-0.2, -0.15) is 13.9 Å². The van der Waals surface area contributed by atoms with E-state index in [0.717, 1.165) is 4.68 Å². The molecule has 1 aromatic heterocycles. The smallest absolute Gasteiger partial charge is 0.387 e. The first-order valence-electron chi connectivity index (χ1n) is 6.39. The second kappa shape index (κ2) is 6.86. The summed E-state index contributed by atoms with van der Waals surface area (Å²) in [6.45, 7) is -3.03. The summed E-state index contributed by atoms with van der Waals surface area (Å²) in [5.74, 6) is -0.717. The van der Waals surface area contributed by atoms with Crippen molar-refractivity contribution in [3.8, 4) is 11.5 Å². The third-order valence-corrected chi connectivity index (χ3v) is 2.83. The molecule has 0 aliphatic heterocycles. The number of anilines is 1. The Kier molecular flexibility index (Phi) is 4.89. The number of benzene rings is 1. The number of aryl methyl sites for hydroxylation is 1. The quantitative estimate of drug-likeness (QED) is 0.904. The van der Waals surface area contributed by atoms with Gasteiger partial charge in [0.2, 0.25) is 0 Å². The highest BCUT2D eigenvalue weighted by Crippen LogP contribution is 2.31. The lowest BCUT2D eigenvalue weighted by Gasteiger charge is -2.12. The molecule has 0 bridgehead atoms. The van der Waals surface area contributed by atoms with Crippen molar-refractivity contribution in [2.24, 2.45) is 7.05 Å². The Labute approximate surface area is 129 Å². The number of ether oxygens (including phenoxy) is 2. The van der Waals surface area contributed by atoms with Crippen molar-refractivity contribution in [1.29, 1.82) is 0 Å². The first kappa shape index (κ1) is 16.4. The summed E-state index contributed by atoms with van der Waals surface area (Å²) < 4.78 is 35.0. The molecule has 7 nitrogen and oxygen atoms in total. The number of alkyl halides is 2. The highest BCUT2D eigenvalue weighted by molar-refractivity contribution is 6.02. The monoisotopic (exact) mass is 325 g/mol. The van der Waals surface area contributed by atoms with Crippen LogP contribution in [0, 0.1) is 0 Å². The number of amides is 1. The number of nitrogens with zero attached hydrogens (tertiary/aromatic N) is 2. The van der Waals surface area contributed by atoms with E-state index >= 15 is 0 Å². The van der Waals surface area contributed by atoms with Crippen LogP contribution in [0.3, 0.4) is 0 Å². The lowest BCUT2D eigenvalue weighted by Crippen LogP contribution is -2.23. The number of halogens is 2. The minimum absolute atomic E-state index is 0.000698. The molecule has 0 spiro atoms. The van der Waals surface area contributed by atoms with Gasteiger partial charge in [-0.3, -0.25) is 9.59 Å². The van der Waals surface area contributed by atoms with E-state index in [0.29, 0.717) is 0 Å². The second-order valence-electron chi connectivity index (χ2n) is 4.38. The van der Waals surface area contributed by atoms with Gasteiger partial charge in [-0.25, -0.2) is 4.68 Å². The van der Waals surface area contributed by atoms with Crippen LogP contribution in [0.15, 0.2) is 35.1 Å². The van der Waals surface area contributed by atoms with Gasteiger partial charge >= 0.3 is 6.61 Å². The largest absolute Gasteiger partial charge is 0.493 e. The number of hydrogen-bond acceptors (Lipinski definition) is 5. The topological polar surface area (TPSA) is 82.5 Å². The maximum Gasteiger partial charge on any atom is 0.387 e. The van der Waals surface area contributed by atoms with Crippen LogP contribution in [-0.4, -0.2) is 29.4 Å². The van der Waals surface area contributed by atoms with Crippen LogP contribution in [0.5, 0.6) is 11.5 Å². The minimum atomic E-state index is -3.03. The number of methoxy groups -OCH3 is 1. The van der Waals surface area contributed by atoms with Crippen molar-refractivity contribution in [2.75, 3.05) is 12.4 Å². The maximum absolute atomic E-state index is 12.4. The lowest BCUT2D eigenvalue weighted by molar-refractivity contribution is -0.0511. The molecule has 0 radical (unpaired) electrons. The Balaban J connectivity index is 2.23. The first-order chi connectivity index (χ1) is 10.9. The zero-order chi connectivity index (χ0) is 17.0. The van der Waals surface area contributed by atoms with Crippen molar-refractivity contribution < 1.29 is 23.0 Å². The van der Waals surface area contributed by atoms with Gasteiger partial charge in [-0.05, 0) is 18.2 Å². The molecule has 2 aromatic rings. The molecule has 0 saturated heterocycles. The predicted octanol–water partition coefficient (Wildman–Crippen LogP) is 1.64. The molecule has 1 heterocycles. The van der Waals surface area contributed by atoms with E-state index < -0.39 is 12.5 Å². The van der Waals surface area contributed by atoms with E-state index in [9.17, 15) is 18.4 Å². The van der Waals surface area contributed by atoms with Crippen LogP contribution in [0.4, 0.5) is 14.5 Å². The Morgan fingerprint density at radius 3 is 2.61 bits per heavy atom. The summed E-state index contributed by atoms with van der Waals surface area (Å²) in [4.78, 5) is 23.3. The minimum Gasteiger partial charge on any atom is -0.493 e. The summed E-state index contributed by atoms with van der Waals surface area (Å²) >= 11 is 0. The summed E-state index contributed by atoms with van der Waals surface area (Å²) in [6, 6.07) is 6.49. The van der Waals surface area contributed by atoms with Gasteiger partial charge in [-0.1, -0.05) is 0 Å². The summed E-state index contributed by atoms with van der Waals surface area (Å²) in [5.41, 5.74) is -0.153. The third kappa shape index (κ3) is 4.02. The zero-order valence-corrected chi connectivity index (χ0v) is 12.2. The van der Waals surface area contributed by atoms with Crippen molar-refractivity contribution in [1.82, 2.24) is 9.78 Å². The van der Waals surface area contributed by atoms with E-state index in [1.54, 1.807) is 0 Å². The molecule has 0 saturated carbocycles. The van der Waals surface area contributed by atoms with Crippen molar-refractivity contribution in [3.63, 3.8) is 0 Å². The van der Waals surface area contributed by atoms with Gasteiger partial charge in [0, 0.05) is 24.9 Å². The molecule has 1 N–H and O–H groups in total. The normalized spacial score (nSPS) is 10.5. The zero-order valence-electron chi connectivity index (χ0n) is 12.2. The van der Waals surface area contributed by atoms with E-state index in [1.165, 1.54) is 44.5 Å². The molecule has 0 atom stereocenters. The number of carbonyl (C=O) groups excluding carboxylic acids is 1. The molecule has 23 heavy (non-hydrogen) atoms. The second-order valence-corrected chi connectivity index (χ2v) is 4.38. The molecule has 0 aliphatic rings. The molecule has 122 valence electrons. The van der Waals surface area contributed by atoms with Crippen molar-refractivity contribution >= 4 is 11.6 Å². The highest BCUT2D eigenvalue weighted by atomic mass is 19.3. The summed E-state index contributed by atoms with van der Waals surface area (Å²) in [5, 5.41) is 6.26. The molecule has 0 aliphatic carbocycles. The van der Waals surface area contributed by atoms with E-state index in [-0.39, 0.29) is 28.4 Å².